The predicted molar refractivity (Wildman–Crippen MR) is 119 cm³/mol. The second kappa shape index (κ2) is 9.18. The molecule has 1 amide bonds. The van der Waals surface area contributed by atoms with E-state index < -0.39 is 6.04 Å². The summed E-state index contributed by atoms with van der Waals surface area (Å²) in [5.74, 6) is -0.655. The quantitative estimate of drug-likeness (QED) is 0.599. The summed E-state index contributed by atoms with van der Waals surface area (Å²) in [6, 6.07) is 20.1. The van der Waals surface area contributed by atoms with Gasteiger partial charge in [0.05, 0.1) is 12.2 Å². The number of nitrogens with zero attached hydrogens (tertiary/aromatic N) is 1. The van der Waals surface area contributed by atoms with E-state index in [9.17, 15) is 14.7 Å². The van der Waals surface area contributed by atoms with Crippen molar-refractivity contribution in [1.82, 2.24) is 10.2 Å². The molecule has 2 atom stereocenters. The first-order valence-electron chi connectivity index (χ1n) is 10.5. The molecule has 1 fully saturated rings. The van der Waals surface area contributed by atoms with Crippen LogP contribution in [0, 0.1) is 0 Å². The van der Waals surface area contributed by atoms with E-state index in [2.05, 4.69) is 5.32 Å². The Kier molecular flexibility index (Phi) is 6.18. The van der Waals surface area contributed by atoms with Gasteiger partial charge in [0.15, 0.2) is 0 Å². The first-order valence-corrected chi connectivity index (χ1v) is 10.5. The van der Waals surface area contributed by atoms with Gasteiger partial charge in [-0.1, -0.05) is 60.7 Å². The van der Waals surface area contributed by atoms with Crippen LogP contribution in [-0.4, -0.2) is 47.1 Å². The van der Waals surface area contributed by atoms with E-state index in [-0.39, 0.29) is 29.2 Å². The Morgan fingerprint density at radius 1 is 1.06 bits per heavy atom. The van der Waals surface area contributed by atoms with Crippen LogP contribution >= 0.6 is 0 Å². The Morgan fingerprint density at radius 2 is 1.81 bits per heavy atom. The number of rotatable bonds is 6. The van der Waals surface area contributed by atoms with Gasteiger partial charge in [0, 0.05) is 24.5 Å². The number of benzene rings is 3. The molecule has 1 aliphatic heterocycles. The van der Waals surface area contributed by atoms with Gasteiger partial charge in [-0.05, 0) is 30.4 Å². The van der Waals surface area contributed by atoms with Crippen LogP contribution in [0.1, 0.15) is 29.3 Å². The Balaban J connectivity index is 1.51. The first-order chi connectivity index (χ1) is 15.1. The lowest BCUT2D eigenvalue weighted by Crippen LogP contribution is -2.38. The van der Waals surface area contributed by atoms with Crippen molar-refractivity contribution in [2.45, 2.75) is 32.0 Å². The maximum Gasteiger partial charge on any atom is 0.323 e. The van der Waals surface area contributed by atoms with Crippen LogP contribution in [0.25, 0.3) is 10.8 Å². The molecule has 4 rings (SSSR count). The molecule has 160 valence electrons. The average molecular weight is 418 g/mol. The van der Waals surface area contributed by atoms with Gasteiger partial charge in [-0.2, -0.15) is 0 Å². The second-order valence-corrected chi connectivity index (χ2v) is 7.77. The average Bonchev–Trinajstić information content (AvgIpc) is 3.17. The van der Waals surface area contributed by atoms with Crippen LogP contribution in [-0.2, 0) is 16.1 Å². The molecule has 31 heavy (non-hydrogen) atoms. The number of nitrogens with one attached hydrogen (secondary N) is 1. The highest BCUT2D eigenvalue weighted by atomic mass is 16.5. The van der Waals surface area contributed by atoms with Gasteiger partial charge < -0.3 is 15.2 Å². The van der Waals surface area contributed by atoms with Gasteiger partial charge in [0.1, 0.15) is 11.8 Å². The first kappa shape index (κ1) is 20.9. The second-order valence-electron chi connectivity index (χ2n) is 7.77. The number of hydrogen-bond donors (Lipinski definition) is 2. The van der Waals surface area contributed by atoms with E-state index in [0.29, 0.717) is 31.5 Å². The zero-order chi connectivity index (χ0) is 21.8. The number of esters is 1. The van der Waals surface area contributed by atoms with Crippen LogP contribution < -0.4 is 5.32 Å². The minimum Gasteiger partial charge on any atom is -0.506 e. The fourth-order valence-corrected chi connectivity index (χ4v) is 4.19. The number of amides is 1. The highest BCUT2D eigenvalue weighted by Gasteiger charge is 2.38. The van der Waals surface area contributed by atoms with Gasteiger partial charge in [0.2, 0.25) is 0 Å². The molecular weight excluding hydrogens is 392 g/mol. The Bertz CT molecular complexity index is 1080. The molecule has 2 N–H and O–H groups in total. The molecule has 6 nitrogen and oxygen atoms in total. The number of likely N-dealkylation sites (tertiary alicyclic amines) is 1. The van der Waals surface area contributed by atoms with Gasteiger partial charge in [0.25, 0.3) is 5.91 Å². The van der Waals surface area contributed by atoms with Gasteiger partial charge in [-0.15, -0.1) is 0 Å². The number of carbonyl (C=O) groups excluding carboxylic acids is 2. The largest absolute Gasteiger partial charge is 0.506 e. The molecule has 0 radical (unpaired) electrons. The number of fused-ring (bicyclic) bond motifs is 1. The summed E-state index contributed by atoms with van der Waals surface area (Å²) in [5, 5.41) is 15.1. The maximum absolute atomic E-state index is 12.9. The summed E-state index contributed by atoms with van der Waals surface area (Å²) in [6.07, 6.45) is 0.464. The van der Waals surface area contributed by atoms with Crippen molar-refractivity contribution in [3.63, 3.8) is 0 Å². The van der Waals surface area contributed by atoms with Crippen molar-refractivity contribution in [3.05, 3.63) is 77.9 Å². The van der Waals surface area contributed by atoms with Crippen LogP contribution in [0.15, 0.2) is 66.7 Å². The third-order valence-corrected chi connectivity index (χ3v) is 5.67. The van der Waals surface area contributed by atoms with Crippen molar-refractivity contribution in [2.24, 2.45) is 0 Å². The van der Waals surface area contributed by atoms with Crippen LogP contribution in [0.4, 0.5) is 0 Å². The number of carbonyl (C=O) groups is 2. The van der Waals surface area contributed by atoms with E-state index in [1.807, 2.05) is 59.5 Å². The third-order valence-electron chi connectivity index (χ3n) is 5.67. The molecule has 1 aliphatic rings. The van der Waals surface area contributed by atoms with E-state index in [1.165, 1.54) is 0 Å². The number of phenolic OH excluding ortho intramolecular Hbond substituents is 1. The molecule has 6 heteroatoms. The Morgan fingerprint density at radius 3 is 2.58 bits per heavy atom. The molecule has 1 saturated heterocycles. The molecule has 0 spiro atoms. The summed E-state index contributed by atoms with van der Waals surface area (Å²) in [5.41, 5.74) is 1.32. The summed E-state index contributed by atoms with van der Waals surface area (Å²) in [4.78, 5) is 27.5. The van der Waals surface area contributed by atoms with Gasteiger partial charge in [-0.25, -0.2) is 0 Å². The van der Waals surface area contributed by atoms with Crippen molar-refractivity contribution in [3.8, 4) is 5.75 Å². The molecule has 3 aromatic rings. The standard InChI is InChI=1S/C25H26N2O4/c1-2-31-25(30)22-14-19(16-27(22)15-17-8-4-3-5-9-17)26-24(29)21-13-12-18-10-6-7-11-20(18)23(21)28/h3-13,19,22,28H,2,14-16H2,1H3,(H,26,29)/t19-,22+/m1/s1. The fraction of sp³-hybridized carbons (Fsp3) is 0.280. The topological polar surface area (TPSA) is 78.9 Å². The molecule has 0 unspecified atom stereocenters. The SMILES string of the molecule is CCOC(=O)[C@@H]1C[C@@H](NC(=O)c2ccc3ccccc3c2O)CN1Cc1ccccc1. The highest BCUT2D eigenvalue weighted by Crippen LogP contribution is 2.29. The van der Waals surface area contributed by atoms with Crippen molar-refractivity contribution >= 4 is 22.6 Å². The fourth-order valence-electron chi connectivity index (χ4n) is 4.19. The predicted octanol–water partition coefficient (Wildman–Crippen LogP) is 3.48. The summed E-state index contributed by atoms with van der Waals surface area (Å²) in [7, 11) is 0. The van der Waals surface area contributed by atoms with Gasteiger partial charge in [-0.3, -0.25) is 14.5 Å². The normalized spacial score (nSPS) is 18.7. The highest BCUT2D eigenvalue weighted by molar-refractivity contribution is 6.03. The Labute approximate surface area is 181 Å². The Hall–Kier alpha value is -3.38. The van der Waals surface area contributed by atoms with Crippen molar-refractivity contribution in [1.29, 1.82) is 0 Å². The lowest BCUT2D eigenvalue weighted by molar-refractivity contribution is -0.148. The third kappa shape index (κ3) is 4.54. The van der Waals surface area contributed by atoms with E-state index >= 15 is 0 Å². The van der Waals surface area contributed by atoms with Crippen LogP contribution in [0.2, 0.25) is 0 Å². The minimum atomic E-state index is -0.421. The lowest BCUT2D eigenvalue weighted by atomic mass is 10.0. The molecule has 3 aromatic carbocycles. The summed E-state index contributed by atoms with van der Waals surface area (Å²) < 4.78 is 5.27. The molecule has 0 aromatic heterocycles. The van der Waals surface area contributed by atoms with Crippen LogP contribution in [0.3, 0.4) is 0 Å². The minimum absolute atomic E-state index is 0.0309. The number of aromatic hydroxyl groups is 1. The monoisotopic (exact) mass is 418 g/mol. The summed E-state index contributed by atoms with van der Waals surface area (Å²) >= 11 is 0. The molecule has 0 bridgehead atoms. The van der Waals surface area contributed by atoms with Crippen molar-refractivity contribution in [2.75, 3.05) is 13.2 Å². The summed E-state index contributed by atoms with van der Waals surface area (Å²) in [6.45, 7) is 3.23. The number of phenols is 1. The number of hydrogen-bond acceptors (Lipinski definition) is 5. The lowest BCUT2D eigenvalue weighted by Gasteiger charge is -2.22. The zero-order valence-electron chi connectivity index (χ0n) is 17.5. The maximum atomic E-state index is 12.9. The van der Waals surface area contributed by atoms with E-state index in [0.717, 1.165) is 10.9 Å². The van der Waals surface area contributed by atoms with Gasteiger partial charge >= 0.3 is 5.97 Å². The smallest absolute Gasteiger partial charge is 0.323 e. The van der Waals surface area contributed by atoms with Crippen molar-refractivity contribution < 1.29 is 19.4 Å². The molecule has 0 aliphatic carbocycles. The number of ether oxygens (including phenoxy) is 1. The van der Waals surface area contributed by atoms with Crippen LogP contribution in [0.5, 0.6) is 5.75 Å². The molecule has 0 saturated carbocycles. The zero-order valence-corrected chi connectivity index (χ0v) is 17.5. The molecular formula is C25H26N2O4. The van der Waals surface area contributed by atoms with E-state index in [1.54, 1.807) is 19.1 Å². The van der Waals surface area contributed by atoms with E-state index in [4.69, 9.17) is 4.74 Å². The molecule has 1 heterocycles.